The van der Waals surface area contributed by atoms with Crippen LogP contribution >= 0.6 is 0 Å². The molecule has 0 N–H and O–H groups in total. The highest BCUT2D eigenvalue weighted by molar-refractivity contribution is 6.12. The zero-order valence-electron chi connectivity index (χ0n) is 31.3. The molecule has 0 saturated carbocycles. The number of aromatic nitrogens is 3. The summed E-state index contributed by atoms with van der Waals surface area (Å²) < 4.78 is 6.59. The standard InChI is InChI=1S/C53H34N4O/c1-3-16-38(17-4-1)51-54-52(39-18-5-2-6-19-39)56-53(55-51)45-24-13-27-48-50(45)44-33-30-40(34-49(44)58-48)35-28-31-41(32-29-35)57(46-25-11-20-36-14-7-9-22-42(36)46)47-26-12-21-37-15-8-10-23-43(37)47/h1-34H. The van der Waals surface area contributed by atoms with E-state index >= 15 is 0 Å². The zero-order chi connectivity index (χ0) is 38.4. The molecular formula is C53H34N4O. The van der Waals surface area contributed by atoms with Crippen molar-refractivity contribution in [1.82, 2.24) is 15.0 Å². The molecule has 11 rings (SSSR count). The van der Waals surface area contributed by atoms with Crippen LogP contribution in [-0.4, -0.2) is 15.0 Å². The first-order valence-electron chi connectivity index (χ1n) is 19.4. The Labute approximate surface area is 335 Å². The minimum Gasteiger partial charge on any atom is -0.456 e. The molecule has 11 aromatic rings. The molecule has 5 heteroatoms. The molecule has 0 aliphatic carbocycles. The van der Waals surface area contributed by atoms with Gasteiger partial charge in [0, 0.05) is 43.9 Å². The number of anilines is 3. The quantitative estimate of drug-likeness (QED) is 0.163. The minimum absolute atomic E-state index is 0.600. The molecule has 9 aromatic carbocycles. The number of fused-ring (bicyclic) bond motifs is 5. The third kappa shape index (κ3) is 5.85. The van der Waals surface area contributed by atoms with Crippen LogP contribution < -0.4 is 4.90 Å². The Kier molecular flexibility index (Phi) is 8.07. The summed E-state index contributed by atoms with van der Waals surface area (Å²) in [7, 11) is 0. The van der Waals surface area contributed by atoms with Crippen molar-refractivity contribution >= 4 is 60.5 Å². The van der Waals surface area contributed by atoms with Crippen LogP contribution in [0.5, 0.6) is 0 Å². The van der Waals surface area contributed by atoms with Crippen LogP contribution in [0.15, 0.2) is 211 Å². The molecule has 0 unspecified atom stereocenters. The van der Waals surface area contributed by atoms with Gasteiger partial charge in [0.05, 0.1) is 11.4 Å². The summed E-state index contributed by atoms with van der Waals surface area (Å²) in [5.41, 5.74) is 9.85. The molecule has 5 nitrogen and oxygen atoms in total. The van der Waals surface area contributed by atoms with Crippen LogP contribution in [0.4, 0.5) is 17.1 Å². The fourth-order valence-corrected chi connectivity index (χ4v) is 8.14. The second kappa shape index (κ2) is 14.0. The fourth-order valence-electron chi connectivity index (χ4n) is 8.14. The molecular weight excluding hydrogens is 709 g/mol. The number of benzene rings is 9. The number of hydrogen-bond acceptors (Lipinski definition) is 5. The van der Waals surface area contributed by atoms with Crippen LogP contribution in [0.2, 0.25) is 0 Å². The van der Waals surface area contributed by atoms with E-state index in [1.807, 2.05) is 72.8 Å². The van der Waals surface area contributed by atoms with E-state index < -0.39 is 0 Å². The van der Waals surface area contributed by atoms with E-state index in [0.717, 1.165) is 66.8 Å². The van der Waals surface area contributed by atoms with Crippen LogP contribution in [0.1, 0.15) is 0 Å². The first kappa shape index (κ1) is 33.4. The van der Waals surface area contributed by atoms with Gasteiger partial charge in [0.25, 0.3) is 0 Å². The van der Waals surface area contributed by atoms with Crippen LogP contribution in [-0.2, 0) is 0 Å². The predicted octanol–water partition coefficient (Wildman–Crippen LogP) is 14.2. The van der Waals surface area contributed by atoms with Crippen molar-refractivity contribution in [3.63, 3.8) is 0 Å². The summed E-state index contributed by atoms with van der Waals surface area (Å²) >= 11 is 0. The van der Waals surface area contributed by atoms with Crippen molar-refractivity contribution < 1.29 is 4.42 Å². The average Bonchev–Trinajstić information content (AvgIpc) is 3.68. The van der Waals surface area contributed by atoms with Gasteiger partial charge in [-0.1, -0.05) is 164 Å². The Morgan fingerprint density at radius 1 is 0.345 bits per heavy atom. The number of furan rings is 1. The summed E-state index contributed by atoms with van der Waals surface area (Å²) in [4.78, 5) is 17.4. The van der Waals surface area contributed by atoms with Gasteiger partial charge in [-0.3, -0.25) is 0 Å². The van der Waals surface area contributed by atoms with Crippen LogP contribution in [0.25, 0.3) is 88.8 Å². The summed E-state index contributed by atoms with van der Waals surface area (Å²) in [5, 5.41) is 6.78. The molecule has 2 aromatic heterocycles. The van der Waals surface area contributed by atoms with E-state index in [1.54, 1.807) is 0 Å². The Morgan fingerprint density at radius 2 is 0.862 bits per heavy atom. The van der Waals surface area contributed by atoms with E-state index in [-0.39, 0.29) is 0 Å². The van der Waals surface area contributed by atoms with Crippen molar-refractivity contribution in [2.24, 2.45) is 0 Å². The van der Waals surface area contributed by atoms with Crippen LogP contribution in [0, 0.1) is 0 Å². The lowest BCUT2D eigenvalue weighted by atomic mass is 10.0. The van der Waals surface area contributed by atoms with Gasteiger partial charge in [-0.25, -0.2) is 15.0 Å². The van der Waals surface area contributed by atoms with Crippen molar-refractivity contribution in [2.75, 3.05) is 4.90 Å². The molecule has 2 heterocycles. The summed E-state index contributed by atoms with van der Waals surface area (Å²) in [6, 6.07) is 71.8. The predicted molar refractivity (Wildman–Crippen MR) is 239 cm³/mol. The Hall–Kier alpha value is -7.89. The van der Waals surface area contributed by atoms with Crippen LogP contribution in [0.3, 0.4) is 0 Å². The van der Waals surface area contributed by atoms with Gasteiger partial charge in [0.1, 0.15) is 11.2 Å². The Balaban J connectivity index is 1.01. The van der Waals surface area contributed by atoms with E-state index in [1.165, 1.54) is 21.5 Å². The maximum atomic E-state index is 6.59. The highest BCUT2D eigenvalue weighted by Crippen LogP contribution is 2.43. The van der Waals surface area contributed by atoms with Crippen molar-refractivity contribution in [3.8, 4) is 45.3 Å². The van der Waals surface area contributed by atoms with Gasteiger partial charge in [0.2, 0.25) is 0 Å². The Morgan fingerprint density at radius 3 is 1.48 bits per heavy atom. The topological polar surface area (TPSA) is 55.1 Å². The van der Waals surface area contributed by atoms with E-state index in [9.17, 15) is 0 Å². The van der Waals surface area contributed by atoms with Crippen molar-refractivity contribution in [3.05, 3.63) is 206 Å². The van der Waals surface area contributed by atoms with Gasteiger partial charge >= 0.3 is 0 Å². The number of hydrogen-bond donors (Lipinski definition) is 0. The zero-order valence-corrected chi connectivity index (χ0v) is 31.3. The maximum absolute atomic E-state index is 6.59. The number of rotatable bonds is 7. The smallest absolute Gasteiger partial charge is 0.164 e. The highest BCUT2D eigenvalue weighted by Gasteiger charge is 2.20. The third-order valence-corrected chi connectivity index (χ3v) is 10.9. The molecule has 0 spiro atoms. The summed E-state index contributed by atoms with van der Waals surface area (Å²) in [5.74, 6) is 1.85. The molecule has 0 fully saturated rings. The highest BCUT2D eigenvalue weighted by atomic mass is 16.3. The maximum Gasteiger partial charge on any atom is 0.164 e. The van der Waals surface area contributed by atoms with Gasteiger partial charge in [-0.2, -0.15) is 0 Å². The molecule has 0 radical (unpaired) electrons. The van der Waals surface area contributed by atoms with Gasteiger partial charge in [-0.15, -0.1) is 0 Å². The lowest BCUT2D eigenvalue weighted by Crippen LogP contribution is -2.11. The summed E-state index contributed by atoms with van der Waals surface area (Å²) in [6.07, 6.45) is 0. The molecule has 0 bridgehead atoms. The molecule has 0 aliphatic heterocycles. The molecule has 272 valence electrons. The minimum atomic E-state index is 0.600. The van der Waals surface area contributed by atoms with Crippen molar-refractivity contribution in [1.29, 1.82) is 0 Å². The molecule has 0 saturated heterocycles. The van der Waals surface area contributed by atoms with Gasteiger partial charge in [0.15, 0.2) is 17.5 Å². The normalized spacial score (nSPS) is 11.4. The SMILES string of the molecule is c1ccc(-c2nc(-c3ccccc3)nc(-c3cccc4oc5cc(-c6ccc(N(c7cccc8ccccc78)c7cccc8ccccc78)cc6)ccc5c34)n2)cc1. The van der Waals surface area contributed by atoms with Crippen molar-refractivity contribution in [2.45, 2.75) is 0 Å². The summed E-state index contributed by atoms with van der Waals surface area (Å²) in [6.45, 7) is 0. The lowest BCUT2D eigenvalue weighted by Gasteiger charge is -2.28. The van der Waals surface area contributed by atoms with E-state index in [2.05, 4.69) is 138 Å². The fraction of sp³-hybridized carbons (Fsp3) is 0. The molecule has 0 aliphatic rings. The third-order valence-electron chi connectivity index (χ3n) is 10.9. The molecule has 0 atom stereocenters. The first-order chi connectivity index (χ1) is 28.7. The van der Waals surface area contributed by atoms with E-state index in [0.29, 0.717) is 17.5 Å². The largest absolute Gasteiger partial charge is 0.456 e. The average molecular weight is 743 g/mol. The molecule has 0 amide bonds. The number of nitrogens with zero attached hydrogens (tertiary/aromatic N) is 4. The second-order valence-corrected chi connectivity index (χ2v) is 14.4. The molecule has 58 heavy (non-hydrogen) atoms. The monoisotopic (exact) mass is 742 g/mol. The Bertz CT molecular complexity index is 3140. The first-order valence-corrected chi connectivity index (χ1v) is 19.4. The lowest BCUT2D eigenvalue weighted by molar-refractivity contribution is 0.669. The van der Waals surface area contributed by atoms with Gasteiger partial charge < -0.3 is 9.32 Å². The second-order valence-electron chi connectivity index (χ2n) is 14.4. The van der Waals surface area contributed by atoms with Gasteiger partial charge in [-0.05, 0) is 64.4 Å². The van der Waals surface area contributed by atoms with E-state index in [4.69, 9.17) is 19.4 Å².